The zero-order valence-corrected chi connectivity index (χ0v) is 18.7. The van der Waals surface area contributed by atoms with Crippen LogP contribution in [0.25, 0.3) is 0 Å². The van der Waals surface area contributed by atoms with E-state index < -0.39 is 0 Å². The summed E-state index contributed by atoms with van der Waals surface area (Å²) in [6, 6.07) is 21.3. The summed E-state index contributed by atoms with van der Waals surface area (Å²) in [5, 5.41) is 0.751. The average molecular weight is 460 g/mol. The molecule has 0 N–H and O–H groups in total. The van der Waals surface area contributed by atoms with Gasteiger partial charge in [-0.25, -0.2) is 4.90 Å². The van der Waals surface area contributed by atoms with E-state index in [4.69, 9.17) is 11.6 Å². The van der Waals surface area contributed by atoms with E-state index in [0.29, 0.717) is 35.5 Å². The van der Waals surface area contributed by atoms with Gasteiger partial charge in [-0.2, -0.15) is 0 Å². The van der Waals surface area contributed by atoms with Crippen molar-refractivity contribution < 1.29 is 14.4 Å². The number of anilines is 1. The fourth-order valence-corrected chi connectivity index (χ4v) is 4.56. The maximum Gasteiger partial charge on any atom is 0.266 e. The molecule has 2 aliphatic rings. The fourth-order valence-electron chi connectivity index (χ4n) is 4.36. The summed E-state index contributed by atoms with van der Waals surface area (Å²) >= 11 is 6.28. The van der Waals surface area contributed by atoms with Crippen LogP contribution in [0.3, 0.4) is 0 Å². The van der Waals surface area contributed by atoms with Gasteiger partial charge in [0.1, 0.15) is 0 Å². The summed E-state index contributed by atoms with van der Waals surface area (Å²) in [4.78, 5) is 44.0. The summed E-state index contributed by atoms with van der Waals surface area (Å²) in [5.74, 6) is -0.840. The van der Waals surface area contributed by atoms with Crippen LogP contribution in [0.5, 0.6) is 0 Å². The van der Waals surface area contributed by atoms with E-state index in [1.54, 1.807) is 48.5 Å². The molecule has 0 bridgehead atoms. The Kier molecular flexibility index (Phi) is 5.70. The fraction of sp³-hybridized carbons (Fsp3) is 0.192. The third-order valence-corrected chi connectivity index (χ3v) is 6.53. The molecule has 6 nitrogen and oxygen atoms in total. The summed E-state index contributed by atoms with van der Waals surface area (Å²) in [5.41, 5.74) is 2.71. The second kappa shape index (κ2) is 8.81. The quantitative estimate of drug-likeness (QED) is 0.551. The predicted molar refractivity (Wildman–Crippen MR) is 127 cm³/mol. The Bertz CT molecular complexity index is 1220. The number of carbonyl (C=O) groups is 3. The van der Waals surface area contributed by atoms with E-state index >= 15 is 0 Å². The average Bonchev–Trinajstić information content (AvgIpc) is 3.11. The minimum Gasteiger partial charge on any atom is -0.336 e. The highest BCUT2D eigenvalue weighted by atomic mass is 35.5. The predicted octanol–water partition coefficient (Wildman–Crippen LogP) is 4.10. The van der Waals surface area contributed by atoms with Crippen molar-refractivity contribution in [2.24, 2.45) is 0 Å². The third kappa shape index (κ3) is 4.03. The highest BCUT2D eigenvalue weighted by Crippen LogP contribution is 2.29. The van der Waals surface area contributed by atoms with Crippen molar-refractivity contribution in [3.63, 3.8) is 0 Å². The Morgan fingerprint density at radius 3 is 2.09 bits per heavy atom. The zero-order chi connectivity index (χ0) is 22.9. The smallest absolute Gasteiger partial charge is 0.266 e. The minimum absolute atomic E-state index is 0.106. The van der Waals surface area contributed by atoms with Crippen LogP contribution in [0, 0.1) is 0 Å². The van der Waals surface area contributed by atoms with Gasteiger partial charge in [-0.3, -0.25) is 19.3 Å². The number of benzene rings is 3. The van der Waals surface area contributed by atoms with E-state index in [9.17, 15) is 14.4 Å². The molecular formula is C26H22ClN3O3. The molecule has 0 radical (unpaired) electrons. The topological polar surface area (TPSA) is 60.9 Å². The molecule has 33 heavy (non-hydrogen) atoms. The highest BCUT2D eigenvalue weighted by Gasteiger charge is 2.36. The molecule has 7 heteroatoms. The minimum atomic E-state index is -0.367. The van der Waals surface area contributed by atoms with Crippen molar-refractivity contribution in [3.05, 3.63) is 100 Å². The van der Waals surface area contributed by atoms with Crippen LogP contribution in [0.2, 0.25) is 5.02 Å². The van der Waals surface area contributed by atoms with Gasteiger partial charge < -0.3 is 4.90 Å². The molecule has 3 amide bonds. The molecule has 0 aliphatic carbocycles. The van der Waals surface area contributed by atoms with E-state index in [1.165, 1.54) is 0 Å². The first-order chi connectivity index (χ1) is 16.0. The molecule has 2 aliphatic heterocycles. The van der Waals surface area contributed by atoms with Crippen molar-refractivity contribution in [1.29, 1.82) is 0 Å². The number of imide groups is 1. The normalized spacial score (nSPS) is 16.3. The van der Waals surface area contributed by atoms with Crippen molar-refractivity contribution in [2.45, 2.75) is 6.54 Å². The second-order valence-electron chi connectivity index (χ2n) is 8.20. The lowest BCUT2D eigenvalue weighted by Gasteiger charge is -2.35. The number of nitrogens with zero attached hydrogens (tertiary/aromatic N) is 3. The van der Waals surface area contributed by atoms with E-state index in [0.717, 1.165) is 35.1 Å². The van der Waals surface area contributed by atoms with Gasteiger partial charge >= 0.3 is 0 Å². The number of fused-ring (bicyclic) bond motifs is 1. The molecule has 1 saturated heterocycles. The second-order valence-corrected chi connectivity index (χ2v) is 8.61. The van der Waals surface area contributed by atoms with Crippen LogP contribution in [0.15, 0.2) is 72.8 Å². The van der Waals surface area contributed by atoms with E-state index in [-0.39, 0.29) is 17.7 Å². The summed E-state index contributed by atoms with van der Waals surface area (Å²) < 4.78 is 0. The van der Waals surface area contributed by atoms with Crippen molar-refractivity contribution in [2.75, 3.05) is 31.1 Å². The van der Waals surface area contributed by atoms with Gasteiger partial charge in [0.15, 0.2) is 0 Å². The maximum absolute atomic E-state index is 13.2. The molecule has 2 heterocycles. The van der Waals surface area contributed by atoms with Gasteiger partial charge in [0, 0.05) is 43.3 Å². The first-order valence-electron chi connectivity index (χ1n) is 10.9. The van der Waals surface area contributed by atoms with Crippen LogP contribution in [-0.2, 0) is 6.54 Å². The van der Waals surface area contributed by atoms with Gasteiger partial charge in [-0.05, 0) is 42.0 Å². The summed E-state index contributed by atoms with van der Waals surface area (Å²) in [6.45, 7) is 3.43. The van der Waals surface area contributed by atoms with Crippen LogP contribution < -0.4 is 4.90 Å². The van der Waals surface area contributed by atoms with Crippen molar-refractivity contribution in [1.82, 2.24) is 9.80 Å². The summed E-state index contributed by atoms with van der Waals surface area (Å²) in [7, 11) is 0. The zero-order valence-electron chi connectivity index (χ0n) is 17.9. The molecule has 0 saturated carbocycles. The Morgan fingerprint density at radius 2 is 1.42 bits per heavy atom. The number of hydrogen-bond donors (Lipinski definition) is 0. The molecule has 166 valence electrons. The van der Waals surface area contributed by atoms with Gasteiger partial charge in [0.05, 0.1) is 16.8 Å². The summed E-state index contributed by atoms with van der Waals surface area (Å²) in [6.07, 6.45) is 0. The number of rotatable bonds is 4. The number of carbonyl (C=O) groups excluding carboxylic acids is 3. The molecule has 0 unspecified atom stereocenters. The molecule has 0 spiro atoms. The first kappa shape index (κ1) is 21.4. The lowest BCUT2D eigenvalue weighted by atomic mass is 10.1. The standard InChI is InChI=1S/C26H22ClN3O3/c27-23-11-4-1-6-19(23)17-28-12-14-29(15-13-28)24(31)18-7-5-8-20(16-18)30-25(32)21-9-2-3-10-22(21)26(30)33/h1-11,16H,12-15,17H2. The number of hydrogen-bond acceptors (Lipinski definition) is 4. The van der Waals surface area contributed by atoms with Gasteiger partial charge in [-0.15, -0.1) is 0 Å². The molecule has 0 aromatic heterocycles. The number of amides is 3. The molecule has 1 fully saturated rings. The van der Waals surface area contributed by atoms with Gasteiger partial charge in [0.2, 0.25) is 0 Å². The van der Waals surface area contributed by atoms with Crippen LogP contribution >= 0.6 is 11.6 Å². The highest BCUT2D eigenvalue weighted by molar-refractivity contribution is 6.34. The van der Waals surface area contributed by atoms with Gasteiger partial charge in [-0.1, -0.05) is 48.0 Å². The Balaban J connectivity index is 1.27. The third-order valence-electron chi connectivity index (χ3n) is 6.16. The first-order valence-corrected chi connectivity index (χ1v) is 11.2. The lowest BCUT2D eigenvalue weighted by Crippen LogP contribution is -2.48. The number of piperazine rings is 1. The van der Waals surface area contributed by atoms with Crippen LogP contribution in [-0.4, -0.2) is 53.7 Å². The maximum atomic E-state index is 13.2. The van der Waals surface area contributed by atoms with Gasteiger partial charge in [0.25, 0.3) is 17.7 Å². The largest absolute Gasteiger partial charge is 0.336 e. The van der Waals surface area contributed by atoms with Crippen LogP contribution in [0.1, 0.15) is 36.6 Å². The van der Waals surface area contributed by atoms with E-state index in [1.807, 2.05) is 29.2 Å². The Hall–Kier alpha value is -3.48. The monoisotopic (exact) mass is 459 g/mol. The SMILES string of the molecule is O=C(c1cccc(N2C(=O)c3ccccc3C2=O)c1)N1CCN(Cc2ccccc2Cl)CC1. The molecule has 0 atom stereocenters. The molecule has 3 aromatic carbocycles. The van der Waals surface area contributed by atoms with Crippen molar-refractivity contribution in [3.8, 4) is 0 Å². The van der Waals surface area contributed by atoms with Crippen LogP contribution in [0.4, 0.5) is 5.69 Å². The van der Waals surface area contributed by atoms with Crippen molar-refractivity contribution >= 4 is 35.0 Å². The lowest BCUT2D eigenvalue weighted by molar-refractivity contribution is 0.0628. The molecule has 5 rings (SSSR count). The Labute approximate surface area is 197 Å². The number of halogens is 1. The Morgan fingerprint density at radius 1 is 0.788 bits per heavy atom. The van der Waals surface area contributed by atoms with E-state index in [2.05, 4.69) is 4.90 Å². The molecule has 3 aromatic rings. The molecular weight excluding hydrogens is 438 g/mol.